The second-order valence-corrected chi connectivity index (χ2v) is 3.75. The van der Waals surface area contributed by atoms with Crippen molar-refractivity contribution in [1.29, 1.82) is 0 Å². The van der Waals surface area contributed by atoms with Gasteiger partial charge in [-0.05, 0) is 0 Å². The van der Waals surface area contributed by atoms with E-state index in [-0.39, 0.29) is 0 Å². The number of hydrogen-bond donors (Lipinski definition) is 1. The van der Waals surface area contributed by atoms with Crippen molar-refractivity contribution >= 4 is 19.8 Å². The van der Waals surface area contributed by atoms with Gasteiger partial charge in [0.2, 0.25) is 13.6 Å². The third-order valence-corrected chi connectivity index (χ3v) is 2.03. The molecule has 96 valence electrons. The minimum absolute atomic E-state index is 0.798. The smallest absolute Gasteiger partial charge is 0.435 e. The molecule has 17 heavy (non-hydrogen) atoms. The lowest BCUT2D eigenvalue weighted by molar-refractivity contribution is -0.147. The fraction of sp³-hybridized carbons (Fsp3) is 0.250. The van der Waals surface area contributed by atoms with Crippen LogP contribution < -0.4 is 0 Å². The molecule has 0 rings (SSSR count). The summed E-state index contributed by atoms with van der Waals surface area (Å²) < 4.78 is 27.9. The SMILES string of the molecule is C=CC(=O)OCOP(=O)(O)OCOC(=O)C=C. The topological polar surface area (TPSA) is 108 Å². The summed E-state index contributed by atoms with van der Waals surface area (Å²) in [5.41, 5.74) is 0. The molecule has 0 aromatic rings. The van der Waals surface area contributed by atoms with E-state index < -0.39 is 33.3 Å². The number of rotatable bonds is 8. The van der Waals surface area contributed by atoms with Crippen LogP contribution in [0.5, 0.6) is 0 Å². The van der Waals surface area contributed by atoms with Crippen LogP contribution in [-0.4, -0.2) is 30.4 Å². The lowest BCUT2D eigenvalue weighted by Crippen LogP contribution is -2.08. The van der Waals surface area contributed by atoms with E-state index in [9.17, 15) is 14.2 Å². The minimum Gasteiger partial charge on any atom is -0.435 e. The molecule has 0 saturated heterocycles. The minimum atomic E-state index is -4.45. The van der Waals surface area contributed by atoms with Crippen molar-refractivity contribution in [3.05, 3.63) is 25.3 Å². The molecule has 0 aromatic carbocycles. The molecule has 0 radical (unpaired) electrons. The predicted octanol–water partition coefficient (Wildman–Crippen LogP) is 0.493. The van der Waals surface area contributed by atoms with Gasteiger partial charge in [0.25, 0.3) is 0 Å². The zero-order valence-corrected chi connectivity index (χ0v) is 9.63. The van der Waals surface area contributed by atoms with Gasteiger partial charge in [-0.25, -0.2) is 23.2 Å². The number of hydrogen-bond acceptors (Lipinski definition) is 7. The van der Waals surface area contributed by atoms with E-state index in [0.29, 0.717) is 0 Å². The molecule has 0 atom stereocenters. The number of phosphoric acid groups is 1. The van der Waals surface area contributed by atoms with Crippen molar-refractivity contribution in [3.8, 4) is 0 Å². The fourth-order valence-electron chi connectivity index (χ4n) is 0.457. The van der Waals surface area contributed by atoms with Crippen LogP contribution in [0.25, 0.3) is 0 Å². The Morgan fingerprint density at radius 1 is 1.06 bits per heavy atom. The first-order valence-corrected chi connectivity index (χ1v) is 5.61. The van der Waals surface area contributed by atoms with Gasteiger partial charge in [-0.2, -0.15) is 0 Å². The summed E-state index contributed by atoms with van der Waals surface area (Å²) in [6.07, 6.45) is 1.69. The van der Waals surface area contributed by atoms with Crippen LogP contribution in [0.3, 0.4) is 0 Å². The molecule has 0 aliphatic rings. The molecule has 9 heteroatoms. The van der Waals surface area contributed by atoms with E-state index in [0.717, 1.165) is 12.2 Å². The van der Waals surface area contributed by atoms with E-state index in [2.05, 4.69) is 31.7 Å². The summed E-state index contributed by atoms with van der Waals surface area (Å²) in [5.74, 6) is -1.66. The Bertz CT molecular complexity index is 319. The molecular weight excluding hydrogens is 255 g/mol. The Hall–Kier alpha value is -1.47. The lowest BCUT2D eigenvalue weighted by Gasteiger charge is -2.11. The molecule has 0 unspecified atom stereocenters. The zero-order chi connectivity index (χ0) is 13.3. The highest BCUT2D eigenvalue weighted by Gasteiger charge is 2.22. The van der Waals surface area contributed by atoms with Crippen LogP contribution in [0.2, 0.25) is 0 Å². The van der Waals surface area contributed by atoms with Crippen molar-refractivity contribution in [1.82, 2.24) is 0 Å². The first kappa shape index (κ1) is 15.5. The Morgan fingerprint density at radius 3 is 1.71 bits per heavy atom. The van der Waals surface area contributed by atoms with Gasteiger partial charge >= 0.3 is 19.8 Å². The molecule has 0 amide bonds. The van der Waals surface area contributed by atoms with Crippen molar-refractivity contribution < 1.29 is 37.6 Å². The van der Waals surface area contributed by atoms with E-state index in [4.69, 9.17) is 4.89 Å². The fourth-order valence-corrected chi connectivity index (χ4v) is 0.904. The molecule has 1 N–H and O–H groups in total. The summed E-state index contributed by atoms with van der Waals surface area (Å²) in [6.45, 7) is 4.59. The van der Waals surface area contributed by atoms with Gasteiger partial charge < -0.3 is 14.4 Å². The summed E-state index contributed by atoms with van der Waals surface area (Å²) in [6, 6.07) is 0. The van der Waals surface area contributed by atoms with Crippen LogP contribution in [0.15, 0.2) is 25.3 Å². The van der Waals surface area contributed by atoms with E-state index in [1.807, 2.05) is 0 Å². The maximum Gasteiger partial charge on any atom is 0.478 e. The molecule has 0 aliphatic carbocycles. The van der Waals surface area contributed by atoms with Crippen LogP contribution in [0.4, 0.5) is 0 Å². The van der Waals surface area contributed by atoms with Gasteiger partial charge in [0.15, 0.2) is 0 Å². The Morgan fingerprint density at radius 2 is 1.41 bits per heavy atom. The zero-order valence-electron chi connectivity index (χ0n) is 8.74. The third kappa shape index (κ3) is 8.35. The molecule has 0 fully saturated rings. The van der Waals surface area contributed by atoms with Gasteiger partial charge in [0.1, 0.15) is 0 Å². The Balaban J connectivity index is 3.83. The van der Waals surface area contributed by atoms with Gasteiger partial charge in [-0.3, -0.25) is 0 Å². The Labute approximate surface area is 97.0 Å². The van der Waals surface area contributed by atoms with Gasteiger partial charge in [0, 0.05) is 12.2 Å². The van der Waals surface area contributed by atoms with Gasteiger partial charge in [0.05, 0.1) is 0 Å². The largest absolute Gasteiger partial charge is 0.478 e. The molecule has 0 aromatic heterocycles. The molecule has 8 nitrogen and oxygen atoms in total. The van der Waals surface area contributed by atoms with Crippen molar-refractivity contribution in [2.45, 2.75) is 0 Å². The van der Waals surface area contributed by atoms with Crippen LogP contribution in [-0.2, 0) is 32.7 Å². The number of carbonyl (C=O) groups excluding carboxylic acids is 2. The second kappa shape index (κ2) is 7.75. The molecule has 0 bridgehead atoms. The summed E-state index contributed by atoms with van der Waals surface area (Å²) in [4.78, 5) is 30.0. The number of esters is 2. The average Bonchev–Trinajstić information content (AvgIpc) is 2.27. The lowest BCUT2D eigenvalue weighted by atomic mass is 10.7. The van der Waals surface area contributed by atoms with Crippen LogP contribution in [0, 0.1) is 0 Å². The average molecular weight is 266 g/mol. The second-order valence-electron chi connectivity index (χ2n) is 2.30. The van der Waals surface area contributed by atoms with E-state index in [1.165, 1.54) is 0 Å². The van der Waals surface area contributed by atoms with Crippen molar-refractivity contribution in [2.24, 2.45) is 0 Å². The normalized spacial score (nSPS) is 10.4. The predicted molar refractivity (Wildman–Crippen MR) is 54.3 cm³/mol. The Kier molecular flexibility index (Phi) is 7.08. The number of ether oxygens (including phenoxy) is 2. The quantitative estimate of drug-likeness (QED) is 0.292. The van der Waals surface area contributed by atoms with E-state index in [1.54, 1.807) is 0 Å². The monoisotopic (exact) mass is 266 g/mol. The first-order chi connectivity index (χ1) is 7.91. The summed E-state index contributed by atoms with van der Waals surface area (Å²) in [7, 11) is -4.45. The van der Waals surface area contributed by atoms with Crippen molar-refractivity contribution in [3.63, 3.8) is 0 Å². The highest BCUT2D eigenvalue weighted by atomic mass is 31.2. The number of phosphoric ester groups is 1. The molecular formula is C8H11O8P. The maximum atomic E-state index is 11.0. The number of carbonyl (C=O) groups is 2. The van der Waals surface area contributed by atoms with Crippen LogP contribution >= 0.6 is 7.82 Å². The summed E-state index contributed by atoms with van der Waals surface area (Å²) in [5, 5.41) is 0. The maximum absolute atomic E-state index is 11.0. The van der Waals surface area contributed by atoms with Crippen molar-refractivity contribution in [2.75, 3.05) is 13.6 Å². The third-order valence-electron chi connectivity index (χ3n) is 1.17. The molecule has 0 heterocycles. The van der Waals surface area contributed by atoms with Crippen LogP contribution in [0.1, 0.15) is 0 Å². The first-order valence-electron chi connectivity index (χ1n) is 4.11. The molecule has 0 aliphatic heterocycles. The highest BCUT2D eigenvalue weighted by molar-refractivity contribution is 7.47. The highest BCUT2D eigenvalue weighted by Crippen LogP contribution is 2.42. The van der Waals surface area contributed by atoms with E-state index >= 15 is 0 Å². The molecule has 0 saturated carbocycles. The molecule has 0 spiro atoms. The van der Waals surface area contributed by atoms with Gasteiger partial charge in [-0.1, -0.05) is 13.2 Å². The standard InChI is InChI=1S/C8H11O8P/c1-3-7(9)13-5-15-17(11,12)16-6-14-8(10)4-2/h3-4H,1-2,5-6H2,(H,11,12). The summed E-state index contributed by atoms with van der Waals surface area (Å²) >= 11 is 0. The van der Waals surface area contributed by atoms with Gasteiger partial charge in [-0.15, -0.1) is 0 Å².